The lowest BCUT2D eigenvalue weighted by atomic mass is 10.2. The molecule has 1 fully saturated rings. The lowest BCUT2D eigenvalue weighted by Crippen LogP contribution is -2.46. The van der Waals surface area contributed by atoms with Gasteiger partial charge in [0.25, 0.3) is 0 Å². The van der Waals surface area contributed by atoms with Crippen LogP contribution in [0.1, 0.15) is 0 Å². The van der Waals surface area contributed by atoms with Gasteiger partial charge in [-0.25, -0.2) is 22.9 Å². The van der Waals surface area contributed by atoms with Crippen LogP contribution in [-0.4, -0.2) is 39.6 Å². The fourth-order valence-corrected chi connectivity index (χ4v) is 4.57. The second-order valence-electron chi connectivity index (χ2n) is 6.54. The van der Waals surface area contributed by atoms with Gasteiger partial charge in [0, 0.05) is 42.8 Å². The monoisotopic (exact) mass is 418 g/mol. The molecule has 0 radical (unpaired) electrons. The topological polar surface area (TPSA) is 79.5 Å². The number of hydrogen-bond acceptors (Lipinski definition) is 6. The molecule has 3 aromatic rings. The quantitative estimate of drug-likeness (QED) is 0.705. The average Bonchev–Trinajstić information content (AvgIpc) is 3.18. The van der Waals surface area contributed by atoms with Crippen LogP contribution in [0.2, 0.25) is 0 Å². The van der Waals surface area contributed by atoms with Gasteiger partial charge in [0.15, 0.2) is 5.13 Å². The Labute approximate surface area is 167 Å². The first-order valence-corrected chi connectivity index (χ1v) is 11.2. The van der Waals surface area contributed by atoms with E-state index in [1.165, 1.54) is 24.3 Å². The zero-order valence-corrected chi connectivity index (χ0v) is 16.6. The largest absolute Gasteiger partial charge is 0.368 e. The number of halogens is 1. The molecule has 0 unspecified atom stereocenters. The van der Waals surface area contributed by atoms with Gasteiger partial charge in [-0.1, -0.05) is 0 Å². The average molecular weight is 419 g/mol. The van der Waals surface area contributed by atoms with Crippen molar-refractivity contribution in [2.45, 2.75) is 4.90 Å². The van der Waals surface area contributed by atoms with Gasteiger partial charge in [0.1, 0.15) is 5.82 Å². The highest BCUT2D eigenvalue weighted by atomic mass is 32.2. The van der Waals surface area contributed by atoms with E-state index in [1.807, 2.05) is 5.38 Å². The van der Waals surface area contributed by atoms with Crippen molar-refractivity contribution in [3.8, 4) is 11.3 Å². The molecule has 9 heteroatoms. The molecule has 2 N–H and O–H groups in total. The third kappa shape index (κ3) is 4.01. The van der Waals surface area contributed by atoms with Crippen molar-refractivity contribution in [3.05, 3.63) is 59.7 Å². The van der Waals surface area contributed by atoms with Crippen LogP contribution in [0.25, 0.3) is 11.3 Å². The molecule has 4 rings (SSSR count). The minimum absolute atomic E-state index is 0.117. The maximum atomic E-state index is 13.1. The molecule has 0 amide bonds. The van der Waals surface area contributed by atoms with Crippen molar-refractivity contribution < 1.29 is 12.8 Å². The summed E-state index contributed by atoms with van der Waals surface area (Å²) in [5.41, 5.74) is 2.72. The molecule has 146 valence electrons. The molecule has 2 aromatic carbocycles. The summed E-state index contributed by atoms with van der Waals surface area (Å²) in [5.74, 6) is -0.257. The number of primary sulfonamides is 1. The molecular weight excluding hydrogens is 399 g/mol. The van der Waals surface area contributed by atoms with Crippen molar-refractivity contribution in [1.29, 1.82) is 0 Å². The third-order valence-electron chi connectivity index (χ3n) is 4.71. The molecule has 28 heavy (non-hydrogen) atoms. The molecule has 6 nitrogen and oxygen atoms in total. The molecule has 1 saturated heterocycles. The number of thiazole rings is 1. The van der Waals surface area contributed by atoms with Crippen LogP contribution in [0.15, 0.2) is 58.8 Å². The van der Waals surface area contributed by atoms with Crippen LogP contribution in [0.4, 0.5) is 15.2 Å². The van der Waals surface area contributed by atoms with Crippen molar-refractivity contribution in [3.63, 3.8) is 0 Å². The molecule has 0 saturated carbocycles. The fraction of sp³-hybridized carbons (Fsp3) is 0.211. The van der Waals surface area contributed by atoms with Crippen LogP contribution in [0, 0.1) is 5.82 Å². The lowest BCUT2D eigenvalue weighted by molar-refractivity contribution is 0.597. The highest BCUT2D eigenvalue weighted by Crippen LogP contribution is 2.29. The summed E-state index contributed by atoms with van der Waals surface area (Å²) in [6.07, 6.45) is 0. The molecule has 0 aliphatic carbocycles. The molecule has 1 aliphatic rings. The number of anilines is 2. The van der Waals surface area contributed by atoms with E-state index in [0.717, 1.165) is 48.3 Å². The molecule has 2 heterocycles. The van der Waals surface area contributed by atoms with E-state index in [1.54, 1.807) is 35.6 Å². The number of hydrogen-bond donors (Lipinski definition) is 1. The fourth-order valence-electron chi connectivity index (χ4n) is 3.17. The van der Waals surface area contributed by atoms with Gasteiger partial charge in [-0.2, -0.15) is 0 Å². The summed E-state index contributed by atoms with van der Waals surface area (Å²) in [6, 6.07) is 13.0. The van der Waals surface area contributed by atoms with E-state index < -0.39 is 10.0 Å². The summed E-state index contributed by atoms with van der Waals surface area (Å²) in [7, 11) is -3.67. The second-order valence-corrected chi connectivity index (χ2v) is 8.93. The number of aromatic nitrogens is 1. The van der Waals surface area contributed by atoms with Crippen molar-refractivity contribution in [1.82, 2.24) is 4.98 Å². The van der Waals surface area contributed by atoms with Gasteiger partial charge in [-0.3, -0.25) is 0 Å². The van der Waals surface area contributed by atoms with Crippen LogP contribution in [-0.2, 0) is 10.0 Å². The molecular formula is C19H19FN4O2S2. The van der Waals surface area contributed by atoms with E-state index in [2.05, 4.69) is 9.80 Å². The molecule has 0 bridgehead atoms. The van der Waals surface area contributed by atoms with E-state index >= 15 is 0 Å². The van der Waals surface area contributed by atoms with Crippen molar-refractivity contribution >= 4 is 32.2 Å². The number of sulfonamides is 1. The molecule has 1 aromatic heterocycles. The standard InChI is InChI=1S/C19H19FN4O2S2/c20-15-3-1-14(2-4-15)18-13-27-19(22-18)24-11-9-23(10-12-24)16-5-7-17(8-6-16)28(21,25)26/h1-8,13H,9-12H2,(H2,21,25,26). The first kappa shape index (κ1) is 18.9. The Bertz CT molecular complexity index is 1060. The maximum Gasteiger partial charge on any atom is 0.238 e. The van der Waals surface area contributed by atoms with E-state index in [0.29, 0.717) is 0 Å². The zero-order valence-electron chi connectivity index (χ0n) is 15.0. The minimum Gasteiger partial charge on any atom is -0.368 e. The predicted octanol–water partition coefficient (Wildman–Crippen LogP) is 2.92. The SMILES string of the molecule is NS(=O)(=O)c1ccc(N2CCN(c3nc(-c4ccc(F)cc4)cs3)CC2)cc1. The second kappa shape index (κ2) is 7.50. The zero-order chi connectivity index (χ0) is 19.7. The van der Waals surface area contributed by atoms with E-state index in [9.17, 15) is 12.8 Å². The van der Waals surface area contributed by atoms with E-state index in [-0.39, 0.29) is 10.7 Å². The summed E-state index contributed by atoms with van der Waals surface area (Å²) < 4.78 is 35.8. The first-order chi connectivity index (χ1) is 13.4. The van der Waals surface area contributed by atoms with Crippen LogP contribution >= 0.6 is 11.3 Å². The summed E-state index contributed by atoms with van der Waals surface area (Å²) >= 11 is 1.58. The first-order valence-electron chi connectivity index (χ1n) is 8.74. The van der Waals surface area contributed by atoms with Gasteiger partial charge < -0.3 is 9.80 Å². The van der Waals surface area contributed by atoms with Gasteiger partial charge in [-0.05, 0) is 48.5 Å². The smallest absolute Gasteiger partial charge is 0.238 e. The number of nitrogens with zero attached hydrogens (tertiary/aromatic N) is 3. The molecule has 0 atom stereocenters. The van der Waals surface area contributed by atoms with Crippen LogP contribution in [0.5, 0.6) is 0 Å². The van der Waals surface area contributed by atoms with Crippen LogP contribution in [0.3, 0.4) is 0 Å². The van der Waals surface area contributed by atoms with Crippen molar-refractivity contribution in [2.24, 2.45) is 5.14 Å². The number of rotatable bonds is 4. The van der Waals surface area contributed by atoms with Gasteiger partial charge in [0.05, 0.1) is 10.6 Å². The van der Waals surface area contributed by atoms with E-state index in [4.69, 9.17) is 10.1 Å². The third-order valence-corrected chi connectivity index (χ3v) is 6.54. The molecule has 0 spiro atoms. The molecule has 1 aliphatic heterocycles. The van der Waals surface area contributed by atoms with Gasteiger partial charge in [-0.15, -0.1) is 11.3 Å². The number of piperazine rings is 1. The number of benzene rings is 2. The lowest BCUT2D eigenvalue weighted by Gasteiger charge is -2.36. The Morgan fingerprint density at radius 1 is 0.929 bits per heavy atom. The minimum atomic E-state index is -3.67. The summed E-state index contributed by atoms with van der Waals surface area (Å²) in [5, 5.41) is 8.08. The Balaban J connectivity index is 1.41. The highest BCUT2D eigenvalue weighted by molar-refractivity contribution is 7.89. The summed E-state index contributed by atoms with van der Waals surface area (Å²) in [6.45, 7) is 3.24. The number of nitrogens with two attached hydrogens (primary N) is 1. The Hall–Kier alpha value is -2.49. The Morgan fingerprint density at radius 2 is 1.54 bits per heavy atom. The highest BCUT2D eigenvalue weighted by Gasteiger charge is 2.20. The van der Waals surface area contributed by atoms with Gasteiger partial charge in [0.2, 0.25) is 10.0 Å². The van der Waals surface area contributed by atoms with Crippen molar-refractivity contribution in [2.75, 3.05) is 36.0 Å². The normalized spacial score (nSPS) is 15.1. The van der Waals surface area contributed by atoms with Crippen LogP contribution < -0.4 is 14.9 Å². The summed E-state index contributed by atoms with van der Waals surface area (Å²) in [4.78, 5) is 9.25. The Morgan fingerprint density at radius 3 is 2.14 bits per heavy atom. The Kier molecular flexibility index (Phi) is 5.05. The van der Waals surface area contributed by atoms with Gasteiger partial charge >= 0.3 is 0 Å². The maximum absolute atomic E-state index is 13.1. The predicted molar refractivity (Wildman–Crippen MR) is 110 cm³/mol.